The van der Waals surface area contributed by atoms with Gasteiger partial charge >= 0.3 is 0 Å². The van der Waals surface area contributed by atoms with E-state index < -0.39 is 10.8 Å². The minimum absolute atomic E-state index is 0.120. The monoisotopic (exact) mass is 450 g/mol. The van der Waals surface area contributed by atoms with Gasteiger partial charge in [0.2, 0.25) is 5.95 Å². The van der Waals surface area contributed by atoms with Gasteiger partial charge in [-0.25, -0.2) is 4.98 Å². The van der Waals surface area contributed by atoms with E-state index in [0.717, 1.165) is 4.88 Å². The number of amides is 1. The van der Waals surface area contributed by atoms with Crippen LogP contribution in [-0.2, 0) is 0 Å². The van der Waals surface area contributed by atoms with Gasteiger partial charge in [0, 0.05) is 34.5 Å². The van der Waals surface area contributed by atoms with Crippen LogP contribution >= 0.6 is 11.3 Å². The van der Waals surface area contributed by atoms with Crippen LogP contribution in [0.15, 0.2) is 46.6 Å². The van der Waals surface area contributed by atoms with Gasteiger partial charge in [0.05, 0.1) is 9.80 Å². The number of carbonyl (C=O) groups excluding carboxylic acids is 1. The Morgan fingerprint density at radius 3 is 2.66 bits per heavy atom. The number of anilines is 1. The number of H-pyrrole nitrogens is 1. The van der Waals surface area contributed by atoms with Gasteiger partial charge < -0.3 is 5.32 Å². The highest BCUT2D eigenvalue weighted by Crippen LogP contribution is 2.28. The molecule has 0 unspecified atom stereocenters. The zero-order valence-electron chi connectivity index (χ0n) is 17.4. The smallest absolute Gasteiger partial charge is 0.273 e. The topological polar surface area (TPSA) is 136 Å². The van der Waals surface area contributed by atoms with E-state index in [-0.39, 0.29) is 28.6 Å². The van der Waals surface area contributed by atoms with Gasteiger partial charge in [-0.2, -0.15) is 9.78 Å². The Balaban J connectivity index is 1.78. The number of nitro groups is 1. The number of thiophene rings is 1. The summed E-state index contributed by atoms with van der Waals surface area (Å²) >= 11 is 1.47. The largest absolute Gasteiger partial charge is 0.306 e. The molecule has 4 aromatic rings. The molecule has 0 saturated heterocycles. The number of aromatic nitrogens is 4. The number of aromatic amines is 1. The first-order valence-electron chi connectivity index (χ1n) is 9.53. The molecule has 0 aliphatic heterocycles. The average Bonchev–Trinajstić information content (AvgIpc) is 3.41. The van der Waals surface area contributed by atoms with E-state index in [9.17, 15) is 19.7 Å². The van der Waals surface area contributed by atoms with E-state index in [1.807, 2.05) is 17.5 Å². The van der Waals surface area contributed by atoms with Crippen LogP contribution in [-0.4, -0.2) is 30.6 Å². The maximum Gasteiger partial charge on any atom is 0.273 e. The molecule has 0 aliphatic carbocycles. The molecule has 1 amide bonds. The Morgan fingerprint density at radius 1 is 1.22 bits per heavy atom. The molecule has 0 saturated carbocycles. The van der Waals surface area contributed by atoms with Crippen molar-refractivity contribution in [3.05, 3.63) is 84.6 Å². The number of rotatable bonds is 5. The van der Waals surface area contributed by atoms with Crippen molar-refractivity contribution in [1.29, 1.82) is 0 Å². The van der Waals surface area contributed by atoms with Crippen molar-refractivity contribution in [2.24, 2.45) is 0 Å². The van der Waals surface area contributed by atoms with E-state index in [1.165, 1.54) is 34.2 Å². The van der Waals surface area contributed by atoms with Crippen molar-refractivity contribution in [2.75, 3.05) is 5.32 Å². The summed E-state index contributed by atoms with van der Waals surface area (Å²) < 4.78 is 1.34. The molecule has 0 aliphatic rings. The summed E-state index contributed by atoms with van der Waals surface area (Å²) in [5.41, 5.74) is 1.70. The molecule has 2 N–H and O–H groups in total. The third kappa shape index (κ3) is 3.93. The molecule has 1 aromatic carbocycles. The van der Waals surface area contributed by atoms with E-state index in [2.05, 4.69) is 20.4 Å². The maximum atomic E-state index is 12.9. The Bertz CT molecular complexity index is 1400. The Labute approximate surface area is 185 Å². The molecular weight excluding hydrogens is 432 g/mol. The van der Waals surface area contributed by atoms with E-state index in [0.29, 0.717) is 22.5 Å². The standard InChI is InChI=1S/C21H18N6O4S/c1-11-6-7-14(9-16(11)27(30)31)20(29)23-18-10-15(17-5-4-8-32-17)25-26(18)21-22-13(3)12(2)19(28)24-21/h4-10H,1-3H3,(H,23,29)(H,22,24,28). The van der Waals surface area contributed by atoms with Crippen molar-refractivity contribution >= 4 is 28.7 Å². The fraction of sp³-hybridized carbons (Fsp3) is 0.143. The van der Waals surface area contributed by atoms with E-state index in [4.69, 9.17) is 0 Å². The molecule has 3 aromatic heterocycles. The zero-order chi connectivity index (χ0) is 23.0. The Morgan fingerprint density at radius 2 is 2.00 bits per heavy atom. The predicted octanol–water partition coefficient (Wildman–Crippen LogP) is 3.77. The highest BCUT2D eigenvalue weighted by atomic mass is 32.1. The maximum absolute atomic E-state index is 12.9. The molecule has 11 heteroatoms. The van der Waals surface area contributed by atoms with Crippen LogP contribution in [0.5, 0.6) is 0 Å². The van der Waals surface area contributed by atoms with Crippen LogP contribution in [0, 0.1) is 30.9 Å². The third-order valence-corrected chi connectivity index (χ3v) is 5.87. The van der Waals surface area contributed by atoms with Crippen molar-refractivity contribution in [1.82, 2.24) is 19.7 Å². The Hall–Kier alpha value is -4.12. The van der Waals surface area contributed by atoms with Gasteiger partial charge in [-0.3, -0.25) is 24.7 Å². The van der Waals surface area contributed by atoms with E-state index >= 15 is 0 Å². The SMILES string of the molecule is Cc1ccc(C(=O)Nc2cc(-c3cccs3)nn2-c2nc(C)c(C)c(=O)[nH]2)cc1[N+](=O)[O-]. The average molecular weight is 450 g/mol. The molecular formula is C21H18N6O4S. The normalized spacial score (nSPS) is 10.8. The van der Waals surface area contributed by atoms with Gasteiger partial charge in [-0.1, -0.05) is 12.1 Å². The summed E-state index contributed by atoms with van der Waals surface area (Å²) in [5, 5.41) is 20.4. The number of benzene rings is 1. The number of carbonyl (C=O) groups is 1. The molecule has 0 fully saturated rings. The summed E-state index contributed by atoms with van der Waals surface area (Å²) in [7, 11) is 0. The quantitative estimate of drug-likeness (QED) is 0.351. The van der Waals surface area contributed by atoms with Gasteiger partial charge in [0.25, 0.3) is 17.2 Å². The van der Waals surface area contributed by atoms with Crippen LogP contribution in [0.4, 0.5) is 11.5 Å². The van der Waals surface area contributed by atoms with E-state index in [1.54, 1.807) is 26.8 Å². The molecule has 0 radical (unpaired) electrons. The van der Waals surface area contributed by atoms with Crippen LogP contribution in [0.2, 0.25) is 0 Å². The highest BCUT2D eigenvalue weighted by molar-refractivity contribution is 7.13. The van der Waals surface area contributed by atoms with Crippen LogP contribution in [0.25, 0.3) is 16.5 Å². The first kappa shape index (κ1) is 21.1. The van der Waals surface area contributed by atoms with Gasteiger partial charge in [-0.05, 0) is 38.3 Å². The second kappa shape index (κ2) is 8.19. The molecule has 0 spiro atoms. The van der Waals surface area contributed by atoms with Crippen LogP contribution < -0.4 is 10.9 Å². The highest BCUT2D eigenvalue weighted by Gasteiger charge is 2.20. The van der Waals surface area contributed by atoms with Gasteiger partial charge in [-0.15, -0.1) is 11.3 Å². The lowest BCUT2D eigenvalue weighted by molar-refractivity contribution is -0.385. The number of nitrogens with zero attached hydrogens (tertiary/aromatic N) is 4. The summed E-state index contributed by atoms with van der Waals surface area (Å²) in [6.45, 7) is 4.98. The van der Waals surface area contributed by atoms with Crippen molar-refractivity contribution in [2.45, 2.75) is 20.8 Å². The third-order valence-electron chi connectivity index (χ3n) is 4.98. The number of aryl methyl sites for hydroxylation is 2. The molecule has 4 rings (SSSR count). The summed E-state index contributed by atoms with van der Waals surface area (Å²) in [4.78, 5) is 43.8. The molecule has 32 heavy (non-hydrogen) atoms. The van der Waals surface area contributed by atoms with Crippen molar-refractivity contribution in [3.63, 3.8) is 0 Å². The minimum Gasteiger partial charge on any atom is -0.306 e. The summed E-state index contributed by atoms with van der Waals surface area (Å²) in [6.07, 6.45) is 0. The Kier molecular flexibility index (Phi) is 5.41. The molecule has 3 heterocycles. The zero-order valence-corrected chi connectivity index (χ0v) is 18.2. The van der Waals surface area contributed by atoms with Crippen molar-refractivity contribution < 1.29 is 9.72 Å². The first-order chi connectivity index (χ1) is 15.2. The fourth-order valence-electron chi connectivity index (χ4n) is 3.04. The summed E-state index contributed by atoms with van der Waals surface area (Å²) in [5.74, 6) is -0.155. The fourth-order valence-corrected chi connectivity index (χ4v) is 3.72. The van der Waals surface area contributed by atoms with Gasteiger partial charge in [0.1, 0.15) is 11.5 Å². The molecule has 162 valence electrons. The van der Waals surface area contributed by atoms with Gasteiger partial charge in [0.15, 0.2) is 0 Å². The van der Waals surface area contributed by atoms with Crippen LogP contribution in [0.1, 0.15) is 27.2 Å². The molecule has 0 bridgehead atoms. The lowest BCUT2D eigenvalue weighted by atomic mass is 10.1. The lowest BCUT2D eigenvalue weighted by Gasteiger charge is -2.09. The minimum atomic E-state index is -0.557. The van der Waals surface area contributed by atoms with Crippen molar-refractivity contribution in [3.8, 4) is 16.5 Å². The summed E-state index contributed by atoms with van der Waals surface area (Å²) in [6, 6.07) is 9.66. The lowest BCUT2D eigenvalue weighted by Crippen LogP contribution is -2.21. The first-order valence-corrected chi connectivity index (χ1v) is 10.4. The number of hydrogen-bond donors (Lipinski definition) is 2. The molecule has 10 nitrogen and oxygen atoms in total. The number of nitrogens with one attached hydrogen (secondary N) is 2. The second-order valence-corrected chi connectivity index (χ2v) is 8.06. The number of nitro benzene ring substituents is 1. The predicted molar refractivity (Wildman–Crippen MR) is 121 cm³/mol. The second-order valence-electron chi connectivity index (χ2n) is 7.12. The molecule has 0 atom stereocenters. The van der Waals surface area contributed by atoms with Crippen LogP contribution in [0.3, 0.4) is 0 Å². The number of hydrogen-bond acceptors (Lipinski definition) is 7.